The Morgan fingerprint density at radius 3 is 2.34 bits per heavy atom. The predicted octanol–water partition coefficient (Wildman–Crippen LogP) is 1.94. The number of furan rings is 1. The molecule has 4 N–H and O–H groups in total. The van der Waals surface area contributed by atoms with E-state index < -0.39 is 23.6 Å². The molecule has 0 spiro atoms. The summed E-state index contributed by atoms with van der Waals surface area (Å²) >= 11 is 0. The van der Waals surface area contributed by atoms with Gasteiger partial charge in [-0.25, -0.2) is 5.43 Å². The summed E-state index contributed by atoms with van der Waals surface area (Å²) < 4.78 is 10.5. The van der Waals surface area contributed by atoms with Crippen molar-refractivity contribution in [1.82, 2.24) is 10.7 Å². The molecule has 0 aliphatic carbocycles. The third kappa shape index (κ3) is 7.56. The van der Waals surface area contributed by atoms with Crippen LogP contribution in [0.25, 0.3) is 0 Å². The molecular weight excluding hydrogens is 454 g/mol. The van der Waals surface area contributed by atoms with Gasteiger partial charge in [0.05, 0.1) is 19.9 Å². The van der Waals surface area contributed by atoms with Gasteiger partial charge in [-0.2, -0.15) is 5.10 Å². The number of hydrazone groups is 1. The number of hydrogen-bond acceptors (Lipinski definition) is 7. The minimum Gasteiger partial charge on any atom is -0.497 e. The molecule has 4 amide bonds. The number of carbonyl (C=O) groups is 4. The Balaban J connectivity index is 1.43. The Bertz CT molecular complexity index is 1250. The molecule has 0 saturated carbocycles. The number of aryl methyl sites for hydroxylation is 1. The van der Waals surface area contributed by atoms with Gasteiger partial charge in [-0.05, 0) is 43.3 Å². The third-order valence-corrected chi connectivity index (χ3v) is 4.51. The summed E-state index contributed by atoms with van der Waals surface area (Å²) in [4.78, 5) is 47.8. The van der Waals surface area contributed by atoms with E-state index in [9.17, 15) is 19.2 Å². The van der Waals surface area contributed by atoms with Gasteiger partial charge < -0.3 is 25.1 Å². The van der Waals surface area contributed by atoms with Gasteiger partial charge in [0, 0.05) is 17.4 Å². The first-order valence-corrected chi connectivity index (χ1v) is 10.4. The van der Waals surface area contributed by atoms with Crippen LogP contribution in [-0.2, 0) is 25.7 Å². The van der Waals surface area contributed by atoms with E-state index >= 15 is 0 Å². The molecule has 2 aromatic carbocycles. The van der Waals surface area contributed by atoms with E-state index in [1.807, 2.05) is 19.1 Å². The Morgan fingerprint density at radius 2 is 1.60 bits per heavy atom. The molecule has 0 saturated heterocycles. The topological polar surface area (TPSA) is 151 Å². The average Bonchev–Trinajstić information content (AvgIpc) is 3.31. The fraction of sp³-hybridized carbons (Fsp3) is 0.125. The highest BCUT2D eigenvalue weighted by atomic mass is 16.5. The van der Waals surface area contributed by atoms with Crippen molar-refractivity contribution in [3.05, 3.63) is 77.7 Å². The van der Waals surface area contributed by atoms with Gasteiger partial charge in [0.25, 0.3) is 0 Å². The van der Waals surface area contributed by atoms with Crippen LogP contribution in [0.2, 0.25) is 0 Å². The molecule has 0 radical (unpaired) electrons. The van der Waals surface area contributed by atoms with Crippen LogP contribution in [-0.4, -0.2) is 37.0 Å². The van der Waals surface area contributed by atoms with Crippen LogP contribution in [0.1, 0.15) is 17.1 Å². The smallest absolute Gasteiger partial charge is 0.329 e. The standard InChI is InChI=1S/C24H23N5O6/c1-15-6-8-16(9-7-15)27-22(31)21(30)25-13-19-10-11-20(35-19)14-26-29-24(33)23(32)28-17-4-3-5-18(12-17)34-2/h3-12,14H,13H2,1-2H3,(H,25,30)(H,27,31)(H,28,32)(H,29,33)/b26-14+. The van der Waals surface area contributed by atoms with Gasteiger partial charge in [0.1, 0.15) is 17.3 Å². The van der Waals surface area contributed by atoms with Crippen LogP contribution >= 0.6 is 0 Å². The zero-order chi connectivity index (χ0) is 25.2. The number of anilines is 2. The highest BCUT2D eigenvalue weighted by Crippen LogP contribution is 2.16. The normalized spacial score (nSPS) is 10.5. The lowest BCUT2D eigenvalue weighted by Crippen LogP contribution is -2.34. The second-order valence-electron chi connectivity index (χ2n) is 7.19. The molecule has 11 heteroatoms. The second-order valence-corrected chi connectivity index (χ2v) is 7.19. The Kier molecular flexibility index (Phi) is 8.33. The maximum atomic E-state index is 12.0. The second kappa shape index (κ2) is 11.8. The van der Waals surface area contributed by atoms with Gasteiger partial charge >= 0.3 is 23.6 Å². The van der Waals surface area contributed by atoms with Crippen LogP contribution in [0.3, 0.4) is 0 Å². The molecule has 1 heterocycles. The maximum Gasteiger partial charge on any atom is 0.329 e. The zero-order valence-electron chi connectivity index (χ0n) is 19.0. The van der Waals surface area contributed by atoms with E-state index in [1.165, 1.54) is 13.3 Å². The Morgan fingerprint density at radius 1 is 0.886 bits per heavy atom. The van der Waals surface area contributed by atoms with Crippen LogP contribution < -0.4 is 26.1 Å². The molecule has 1 aromatic heterocycles. The SMILES string of the molecule is COc1cccc(NC(=O)C(=O)N/N=C/c2ccc(CNC(=O)C(=O)Nc3ccc(C)cc3)o2)c1. The van der Waals surface area contributed by atoms with E-state index in [-0.39, 0.29) is 12.3 Å². The molecule has 35 heavy (non-hydrogen) atoms. The van der Waals surface area contributed by atoms with E-state index in [0.29, 0.717) is 22.9 Å². The molecule has 180 valence electrons. The van der Waals surface area contributed by atoms with Crippen LogP contribution in [0.5, 0.6) is 5.75 Å². The number of nitrogens with one attached hydrogen (secondary N) is 4. The number of nitrogens with zero attached hydrogens (tertiary/aromatic N) is 1. The van der Waals surface area contributed by atoms with Gasteiger partial charge in [0.2, 0.25) is 0 Å². The van der Waals surface area contributed by atoms with Crippen molar-refractivity contribution in [1.29, 1.82) is 0 Å². The molecule has 0 fully saturated rings. The minimum atomic E-state index is -0.984. The van der Waals surface area contributed by atoms with E-state index in [2.05, 4.69) is 26.5 Å². The quantitative estimate of drug-likeness (QED) is 0.232. The molecule has 0 aliphatic heterocycles. The van der Waals surface area contributed by atoms with E-state index in [1.54, 1.807) is 48.5 Å². The Labute approximate surface area is 200 Å². The van der Waals surface area contributed by atoms with Crippen LogP contribution in [0, 0.1) is 6.92 Å². The highest BCUT2D eigenvalue weighted by Gasteiger charge is 2.15. The van der Waals surface area contributed by atoms with Crippen molar-refractivity contribution in [3.63, 3.8) is 0 Å². The van der Waals surface area contributed by atoms with Crippen molar-refractivity contribution >= 4 is 41.2 Å². The molecule has 3 rings (SSSR count). The van der Waals surface area contributed by atoms with E-state index in [4.69, 9.17) is 9.15 Å². The number of rotatable bonds is 7. The Hall–Kier alpha value is -4.93. The maximum absolute atomic E-state index is 12.0. The van der Waals surface area contributed by atoms with Gasteiger partial charge in [-0.1, -0.05) is 23.8 Å². The van der Waals surface area contributed by atoms with Gasteiger partial charge in [-0.15, -0.1) is 0 Å². The van der Waals surface area contributed by atoms with Crippen molar-refractivity contribution in [2.45, 2.75) is 13.5 Å². The number of carbonyl (C=O) groups excluding carboxylic acids is 4. The lowest BCUT2D eigenvalue weighted by Gasteiger charge is -2.06. The number of amides is 4. The summed E-state index contributed by atoms with van der Waals surface area (Å²) in [5.41, 5.74) is 4.01. The summed E-state index contributed by atoms with van der Waals surface area (Å²) in [5, 5.41) is 11.0. The first-order valence-electron chi connectivity index (χ1n) is 10.4. The number of benzene rings is 2. The highest BCUT2D eigenvalue weighted by molar-refractivity contribution is 6.40. The van der Waals surface area contributed by atoms with E-state index in [0.717, 1.165) is 5.56 Å². The zero-order valence-corrected chi connectivity index (χ0v) is 19.0. The molecular formula is C24H23N5O6. The fourth-order valence-corrected chi connectivity index (χ4v) is 2.73. The summed E-state index contributed by atoms with van der Waals surface area (Å²) in [6.07, 6.45) is 1.19. The molecule has 11 nitrogen and oxygen atoms in total. The summed E-state index contributed by atoms with van der Waals surface area (Å²) in [7, 11) is 1.49. The van der Waals surface area contributed by atoms with Crippen molar-refractivity contribution in [2.75, 3.05) is 17.7 Å². The summed E-state index contributed by atoms with van der Waals surface area (Å²) in [6.45, 7) is 1.87. The first-order chi connectivity index (χ1) is 16.8. The average molecular weight is 477 g/mol. The lowest BCUT2D eigenvalue weighted by molar-refractivity contribution is -0.136. The number of ether oxygens (including phenoxy) is 1. The molecule has 0 unspecified atom stereocenters. The van der Waals surface area contributed by atoms with Gasteiger partial charge in [0.15, 0.2) is 0 Å². The third-order valence-electron chi connectivity index (χ3n) is 4.51. The van der Waals surface area contributed by atoms with Crippen molar-refractivity contribution in [3.8, 4) is 5.75 Å². The lowest BCUT2D eigenvalue weighted by atomic mass is 10.2. The van der Waals surface area contributed by atoms with Crippen LogP contribution in [0.4, 0.5) is 11.4 Å². The monoisotopic (exact) mass is 477 g/mol. The molecule has 0 atom stereocenters. The molecule has 0 bridgehead atoms. The predicted molar refractivity (Wildman–Crippen MR) is 128 cm³/mol. The number of methoxy groups -OCH3 is 1. The van der Waals surface area contributed by atoms with Crippen LogP contribution in [0.15, 0.2) is 70.2 Å². The summed E-state index contributed by atoms with van der Waals surface area (Å²) in [6, 6.07) is 16.7. The van der Waals surface area contributed by atoms with Crippen molar-refractivity contribution < 1.29 is 28.3 Å². The minimum absolute atomic E-state index is 0.0384. The molecule has 0 aliphatic rings. The summed E-state index contributed by atoms with van der Waals surface area (Å²) in [5.74, 6) is -2.40. The largest absolute Gasteiger partial charge is 0.497 e. The number of hydrogen-bond donors (Lipinski definition) is 4. The van der Waals surface area contributed by atoms with Gasteiger partial charge in [-0.3, -0.25) is 19.2 Å². The first kappa shape index (κ1) is 24.7. The molecule has 3 aromatic rings. The van der Waals surface area contributed by atoms with Crippen molar-refractivity contribution in [2.24, 2.45) is 5.10 Å². The fourth-order valence-electron chi connectivity index (χ4n) is 2.73.